The van der Waals surface area contributed by atoms with Gasteiger partial charge < -0.3 is 14.1 Å². The summed E-state index contributed by atoms with van der Waals surface area (Å²) in [7, 11) is 0. The van der Waals surface area contributed by atoms with E-state index in [2.05, 4.69) is 13.8 Å². The number of carbonyl (C=O) groups is 2. The average Bonchev–Trinajstić information content (AvgIpc) is 3.14. The quantitative estimate of drug-likeness (QED) is 0.560. The van der Waals surface area contributed by atoms with Crippen LogP contribution in [0.3, 0.4) is 0 Å². The third kappa shape index (κ3) is 3.45. The van der Waals surface area contributed by atoms with Gasteiger partial charge in [0.05, 0.1) is 4.87 Å². The molecule has 3 heterocycles. The van der Waals surface area contributed by atoms with E-state index >= 15 is 0 Å². The summed E-state index contributed by atoms with van der Waals surface area (Å²) in [6.07, 6.45) is 1.22. The number of rotatable bonds is 4. The van der Waals surface area contributed by atoms with Gasteiger partial charge >= 0.3 is 11.6 Å². The Kier molecular flexibility index (Phi) is 4.97. The first kappa shape index (κ1) is 20.0. The molecule has 6 nitrogen and oxygen atoms in total. The Labute approximate surface area is 173 Å². The molecule has 0 spiro atoms. The average molecular weight is 416 g/mol. The lowest BCUT2D eigenvalue weighted by Crippen LogP contribution is -2.46. The van der Waals surface area contributed by atoms with Crippen molar-refractivity contribution in [1.82, 2.24) is 4.90 Å². The molecule has 2 aliphatic heterocycles. The minimum atomic E-state index is -0.570. The van der Waals surface area contributed by atoms with Crippen molar-refractivity contribution in [3.8, 4) is 0 Å². The highest BCUT2D eigenvalue weighted by atomic mass is 32.2. The van der Waals surface area contributed by atoms with E-state index in [1.165, 1.54) is 6.07 Å². The van der Waals surface area contributed by atoms with Gasteiger partial charge in [-0.1, -0.05) is 13.8 Å². The highest BCUT2D eigenvalue weighted by Crippen LogP contribution is 2.47. The Morgan fingerprint density at radius 1 is 1.34 bits per heavy atom. The molecular weight excluding hydrogens is 390 g/mol. The fraction of sp³-hybridized carbons (Fsp3) is 0.500. The molecule has 0 aliphatic carbocycles. The van der Waals surface area contributed by atoms with Gasteiger partial charge in [-0.2, -0.15) is 0 Å². The molecule has 2 aromatic rings. The zero-order valence-electron chi connectivity index (χ0n) is 17.1. The summed E-state index contributed by atoms with van der Waals surface area (Å²) >= 11 is 1.63. The van der Waals surface area contributed by atoms with Gasteiger partial charge in [0, 0.05) is 29.2 Å². The first-order chi connectivity index (χ1) is 13.7. The Hall–Kier alpha value is -2.28. The molecule has 0 radical (unpaired) electrons. The molecule has 2 fully saturated rings. The summed E-state index contributed by atoms with van der Waals surface area (Å²) in [5, 5.41) is 0.773. The molecule has 2 atom stereocenters. The van der Waals surface area contributed by atoms with Crippen molar-refractivity contribution in [1.29, 1.82) is 0 Å². The molecule has 0 saturated carbocycles. The van der Waals surface area contributed by atoms with Gasteiger partial charge in [0.1, 0.15) is 18.2 Å². The highest BCUT2D eigenvalue weighted by molar-refractivity contribution is 8.01. The van der Waals surface area contributed by atoms with Crippen LogP contribution in [0.25, 0.3) is 11.0 Å². The maximum Gasteiger partial charge on any atom is 0.336 e. The van der Waals surface area contributed by atoms with Crippen molar-refractivity contribution in [3.05, 3.63) is 45.3 Å². The molecular formula is C22H25NO5S. The van der Waals surface area contributed by atoms with E-state index in [0.29, 0.717) is 29.2 Å². The minimum Gasteiger partial charge on any atom is -0.459 e. The van der Waals surface area contributed by atoms with Gasteiger partial charge in [-0.3, -0.25) is 4.79 Å². The normalized spacial score (nSPS) is 23.8. The maximum absolute atomic E-state index is 12.8. The first-order valence-corrected chi connectivity index (χ1v) is 10.9. The molecule has 0 unspecified atom stereocenters. The van der Waals surface area contributed by atoms with Crippen molar-refractivity contribution in [2.45, 2.75) is 64.0 Å². The third-order valence-corrected chi connectivity index (χ3v) is 7.43. The molecule has 4 rings (SSSR count). The number of carbonyl (C=O) groups excluding carboxylic acids is 2. The number of nitrogens with zero attached hydrogens (tertiary/aromatic N) is 1. The largest absolute Gasteiger partial charge is 0.459 e. The van der Waals surface area contributed by atoms with E-state index < -0.39 is 17.6 Å². The van der Waals surface area contributed by atoms with E-state index in [0.717, 1.165) is 22.9 Å². The molecule has 1 amide bonds. The van der Waals surface area contributed by atoms with Crippen LogP contribution < -0.4 is 5.63 Å². The molecule has 29 heavy (non-hydrogen) atoms. The Balaban J connectivity index is 1.60. The molecule has 7 heteroatoms. The lowest BCUT2D eigenvalue weighted by molar-refractivity contribution is -0.154. The smallest absolute Gasteiger partial charge is 0.336 e. The summed E-state index contributed by atoms with van der Waals surface area (Å²) < 4.78 is 10.9. The van der Waals surface area contributed by atoms with Gasteiger partial charge in [0.25, 0.3) is 0 Å². The summed E-state index contributed by atoms with van der Waals surface area (Å²) in [5.74, 6) is 0.433. The lowest BCUT2D eigenvalue weighted by Gasteiger charge is -2.29. The fourth-order valence-corrected chi connectivity index (χ4v) is 5.79. The standard InChI is InChI=1S/C22H25NO5S/c1-12(2)15-9-16-14(8-20(25)28-18(16)7-13(15)3)10-27-21(26)17-11-29-22(4)6-5-19(24)23(17)22/h7-9,12,17H,5-6,10-11H2,1-4H3/t17-,22+/m0/s1. The van der Waals surface area contributed by atoms with Gasteiger partial charge in [-0.25, -0.2) is 9.59 Å². The van der Waals surface area contributed by atoms with E-state index in [9.17, 15) is 14.4 Å². The second-order valence-electron chi connectivity index (χ2n) is 8.32. The van der Waals surface area contributed by atoms with Crippen molar-refractivity contribution in [3.63, 3.8) is 0 Å². The lowest BCUT2D eigenvalue weighted by atomic mass is 9.95. The van der Waals surface area contributed by atoms with Gasteiger partial charge in [-0.05, 0) is 49.4 Å². The van der Waals surface area contributed by atoms with E-state index in [1.54, 1.807) is 16.7 Å². The Bertz CT molecular complexity index is 1060. The SMILES string of the molecule is Cc1cc2oc(=O)cc(COC(=O)[C@@H]3CS[C@]4(C)CCC(=O)N34)c2cc1C(C)C. The van der Waals surface area contributed by atoms with Crippen LogP contribution >= 0.6 is 11.8 Å². The number of ether oxygens (including phenoxy) is 1. The third-order valence-electron chi connectivity index (χ3n) is 5.93. The van der Waals surface area contributed by atoms with Crippen molar-refractivity contribution in [2.75, 3.05) is 5.75 Å². The summed E-state index contributed by atoms with van der Waals surface area (Å²) in [5.41, 5.74) is 2.85. The van der Waals surface area contributed by atoms with Crippen LogP contribution in [0.4, 0.5) is 0 Å². The van der Waals surface area contributed by atoms with Crippen LogP contribution in [0.1, 0.15) is 56.2 Å². The second-order valence-corrected chi connectivity index (χ2v) is 9.83. The van der Waals surface area contributed by atoms with Crippen LogP contribution in [-0.2, 0) is 20.9 Å². The monoisotopic (exact) mass is 415 g/mol. The zero-order chi connectivity index (χ0) is 20.9. The summed E-state index contributed by atoms with van der Waals surface area (Å²) in [6, 6.07) is 4.68. The molecule has 154 valence electrons. The fourth-order valence-electron chi connectivity index (χ4n) is 4.37. The number of benzene rings is 1. The molecule has 2 aliphatic rings. The number of thioether (sulfide) groups is 1. The van der Waals surface area contributed by atoms with E-state index in [-0.39, 0.29) is 17.4 Å². The molecule has 0 bridgehead atoms. The zero-order valence-corrected chi connectivity index (χ0v) is 17.9. The van der Waals surface area contributed by atoms with Crippen LogP contribution in [0.5, 0.6) is 0 Å². The first-order valence-electron chi connectivity index (χ1n) is 9.89. The number of esters is 1. The maximum atomic E-state index is 12.8. The second kappa shape index (κ2) is 7.20. The Morgan fingerprint density at radius 3 is 2.83 bits per heavy atom. The van der Waals surface area contributed by atoms with Crippen LogP contribution in [0.15, 0.2) is 27.4 Å². The van der Waals surface area contributed by atoms with Crippen molar-refractivity contribution >= 4 is 34.6 Å². The number of amides is 1. The van der Waals surface area contributed by atoms with Crippen molar-refractivity contribution in [2.24, 2.45) is 0 Å². The highest BCUT2D eigenvalue weighted by Gasteiger charge is 2.53. The van der Waals surface area contributed by atoms with E-state index in [1.807, 2.05) is 26.0 Å². The van der Waals surface area contributed by atoms with E-state index in [4.69, 9.17) is 9.15 Å². The summed E-state index contributed by atoms with van der Waals surface area (Å²) in [4.78, 5) is 38.4. The number of fused-ring (bicyclic) bond motifs is 2. The number of aryl methyl sites for hydroxylation is 1. The molecule has 1 aromatic heterocycles. The Morgan fingerprint density at radius 2 is 2.10 bits per heavy atom. The van der Waals surface area contributed by atoms with Gasteiger partial charge in [0.2, 0.25) is 5.91 Å². The number of hydrogen-bond donors (Lipinski definition) is 0. The van der Waals surface area contributed by atoms with Crippen LogP contribution in [0, 0.1) is 6.92 Å². The molecule has 2 saturated heterocycles. The predicted octanol–water partition coefficient (Wildman–Crippen LogP) is 3.72. The van der Waals surface area contributed by atoms with Gasteiger partial charge in [0.15, 0.2) is 0 Å². The van der Waals surface area contributed by atoms with Crippen molar-refractivity contribution < 1.29 is 18.7 Å². The topological polar surface area (TPSA) is 76.8 Å². The molecule has 0 N–H and O–H groups in total. The minimum absolute atomic E-state index is 0.00213. The predicted molar refractivity (Wildman–Crippen MR) is 112 cm³/mol. The summed E-state index contributed by atoms with van der Waals surface area (Å²) in [6.45, 7) is 8.18. The number of hydrogen-bond acceptors (Lipinski definition) is 6. The van der Waals surface area contributed by atoms with Gasteiger partial charge in [-0.15, -0.1) is 11.8 Å². The molecule has 1 aromatic carbocycles. The van der Waals surface area contributed by atoms with Crippen LogP contribution in [-0.4, -0.2) is 33.4 Å². The van der Waals surface area contributed by atoms with Crippen LogP contribution in [0.2, 0.25) is 0 Å².